The van der Waals surface area contributed by atoms with E-state index < -0.39 is 5.97 Å². The third-order valence-corrected chi connectivity index (χ3v) is 3.98. The van der Waals surface area contributed by atoms with Gasteiger partial charge in [0.15, 0.2) is 5.65 Å². The summed E-state index contributed by atoms with van der Waals surface area (Å²) in [5.74, 6) is -0.360. The largest absolute Gasteiger partial charge is 0.508 e. The van der Waals surface area contributed by atoms with Gasteiger partial charge < -0.3 is 15.6 Å². The first-order chi connectivity index (χ1) is 12.1. The lowest BCUT2D eigenvalue weighted by molar-refractivity contribution is 0.0604. The lowest BCUT2D eigenvalue weighted by atomic mass is 10.2. The summed E-state index contributed by atoms with van der Waals surface area (Å²) in [6.07, 6.45) is 0. The maximum absolute atomic E-state index is 12.3. The normalized spacial score (nSPS) is 11.1. The highest BCUT2D eigenvalue weighted by molar-refractivity contribution is 6.08. The van der Waals surface area contributed by atoms with Crippen LogP contribution in [0.3, 0.4) is 0 Å². The predicted octanol–water partition coefficient (Wildman–Crippen LogP) is 2.65. The summed E-state index contributed by atoms with van der Waals surface area (Å²) in [5.41, 5.74) is 9.05. The Morgan fingerprint density at radius 1 is 1.12 bits per heavy atom. The molecule has 0 fully saturated rings. The highest BCUT2D eigenvalue weighted by Gasteiger charge is 2.25. The molecule has 4 aromatic rings. The summed E-state index contributed by atoms with van der Waals surface area (Å²) in [4.78, 5) is 21.4. The van der Waals surface area contributed by atoms with Gasteiger partial charge in [-0.25, -0.2) is 14.8 Å². The number of aromatic nitrogens is 3. The first-order valence-corrected chi connectivity index (χ1v) is 7.54. The van der Waals surface area contributed by atoms with Crippen LogP contribution < -0.4 is 5.73 Å². The number of phenolic OH excluding ortho intramolecular Hbond substituents is 1. The Morgan fingerprint density at radius 2 is 1.84 bits per heavy atom. The second-order valence-electron chi connectivity index (χ2n) is 5.49. The smallest absolute Gasteiger partial charge is 0.343 e. The molecule has 4 rings (SSSR count). The molecule has 0 unspecified atom stereocenters. The van der Waals surface area contributed by atoms with E-state index in [1.165, 1.54) is 13.2 Å². The van der Waals surface area contributed by atoms with Crippen molar-refractivity contribution in [1.29, 1.82) is 0 Å². The number of rotatable bonds is 2. The second kappa shape index (κ2) is 5.48. The van der Waals surface area contributed by atoms with Crippen LogP contribution in [0.1, 0.15) is 10.4 Å². The summed E-state index contributed by atoms with van der Waals surface area (Å²) < 4.78 is 6.44. The lowest BCUT2D eigenvalue weighted by Crippen LogP contribution is -2.07. The van der Waals surface area contributed by atoms with Crippen molar-refractivity contribution < 1.29 is 14.6 Å². The van der Waals surface area contributed by atoms with Crippen molar-refractivity contribution in [3.63, 3.8) is 0 Å². The Kier molecular flexibility index (Phi) is 3.28. The van der Waals surface area contributed by atoms with Crippen LogP contribution in [0.25, 0.3) is 27.9 Å². The van der Waals surface area contributed by atoms with Crippen molar-refractivity contribution in [2.24, 2.45) is 0 Å². The van der Waals surface area contributed by atoms with Gasteiger partial charge in [-0.1, -0.05) is 18.2 Å². The van der Waals surface area contributed by atoms with Crippen LogP contribution in [0.4, 0.5) is 5.82 Å². The molecule has 3 N–H and O–H groups in total. The van der Waals surface area contributed by atoms with Crippen molar-refractivity contribution in [3.8, 4) is 11.4 Å². The SMILES string of the molecule is COC(=O)c1c(N)n(-c2cccc(O)c2)c2nc3ccccc3nc12. The summed E-state index contributed by atoms with van der Waals surface area (Å²) in [5, 5.41) is 9.79. The first kappa shape index (κ1) is 14.9. The topological polar surface area (TPSA) is 103 Å². The van der Waals surface area contributed by atoms with Gasteiger partial charge in [-0.3, -0.25) is 4.57 Å². The molecule has 25 heavy (non-hydrogen) atoms. The monoisotopic (exact) mass is 334 g/mol. The van der Waals surface area contributed by atoms with E-state index >= 15 is 0 Å². The number of carbonyl (C=O) groups is 1. The molecule has 2 aromatic carbocycles. The van der Waals surface area contributed by atoms with Crippen LogP contribution in [0.2, 0.25) is 0 Å². The molecule has 0 aliphatic heterocycles. The number of nitrogens with zero attached hydrogens (tertiary/aromatic N) is 3. The van der Waals surface area contributed by atoms with Gasteiger partial charge >= 0.3 is 5.97 Å². The lowest BCUT2D eigenvalue weighted by Gasteiger charge is -2.08. The number of fused-ring (bicyclic) bond motifs is 2. The van der Waals surface area contributed by atoms with E-state index in [-0.39, 0.29) is 17.1 Å². The van der Waals surface area contributed by atoms with E-state index in [4.69, 9.17) is 10.5 Å². The van der Waals surface area contributed by atoms with E-state index in [0.29, 0.717) is 27.9 Å². The zero-order valence-corrected chi connectivity index (χ0v) is 13.3. The number of ether oxygens (including phenoxy) is 1. The van der Waals surface area contributed by atoms with E-state index in [1.807, 2.05) is 24.3 Å². The zero-order valence-electron chi connectivity index (χ0n) is 13.3. The quantitative estimate of drug-likeness (QED) is 0.546. The number of esters is 1. The highest BCUT2D eigenvalue weighted by atomic mass is 16.5. The minimum absolute atomic E-state index is 0.0760. The van der Waals surface area contributed by atoms with Gasteiger partial charge in [0.1, 0.15) is 22.6 Å². The summed E-state index contributed by atoms with van der Waals surface area (Å²) >= 11 is 0. The number of benzene rings is 2. The number of hydrogen-bond donors (Lipinski definition) is 2. The van der Waals surface area contributed by atoms with Gasteiger partial charge in [0.05, 0.1) is 23.8 Å². The van der Waals surface area contributed by atoms with E-state index in [1.54, 1.807) is 22.8 Å². The summed E-state index contributed by atoms with van der Waals surface area (Å²) in [7, 11) is 1.29. The Labute approximate surface area is 142 Å². The fourth-order valence-electron chi connectivity index (χ4n) is 2.86. The van der Waals surface area contributed by atoms with Crippen LogP contribution in [-0.4, -0.2) is 32.7 Å². The molecule has 7 heteroatoms. The Bertz CT molecular complexity index is 1130. The molecule has 0 saturated carbocycles. The van der Waals surface area contributed by atoms with Crippen LogP contribution in [-0.2, 0) is 4.74 Å². The summed E-state index contributed by atoms with van der Waals surface area (Å²) in [6.45, 7) is 0. The van der Waals surface area contributed by atoms with Crippen LogP contribution in [0.15, 0.2) is 48.5 Å². The van der Waals surface area contributed by atoms with Crippen LogP contribution in [0.5, 0.6) is 5.75 Å². The molecule has 2 aromatic heterocycles. The maximum atomic E-state index is 12.3. The number of methoxy groups -OCH3 is 1. The maximum Gasteiger partial charge on any atom is 0.343 e. The Balaban J connectivity index is 2.16. The third kappa shape index (κ3) is 2.25. The third-order valence-electron chi connectivity index (χ3n) is 3.98. The molecule has 0 aliphatic carbocycles. The molecule has 0 amide bonds. The molecule has 2 heterocycles. The van der Waals surface area contributed by atoms with Crippen molar-refractivity contribution in [1.82, 2.24) is 14.5 Å². The van der Waals surface area contributed by atoms with Gasteiger partial charge in [-0.15, -0.1) is 0 Å². The van der Waals surface area contributed by atoms with E-state index in [2.05, 4.69) is 9.97 Å². The fourth-order valence-corrected chi connectivity index (χ4v) is 2.86. The molecule has 0 bridgehead atoms. The molecule has 0 aliphatic rings. The average molecular weight is 334 g/mol. The molecular weight excluding hydrogens is 320 g/mol. The highest BCUT2D eigenvalue weighted by Crippen LogP contribution is 2.32. The van der Waals surface area contributed by atoms with E-state index in [9.17, 15) is 9.90 Å². The first-order valence-electron chi connectivity index (χ1n) is 7.54. The molecule has 0 spiro atoms. The van der Waals surface area contributed by atoms with Crippen LogP contribution in [0, 0.1) is 0 Å². The Morgan fingerprint density at radius 3 is 2.52 bits per heavy atom. The van der Waals surface area contributed by atoms with Crippen molar-refractivity contribution >= 4 is 34.0 Å². The van der Waals surface area contributed by atoms with Gasteiger partial charge in [-0.2, -0.15) is 0 Å². The fraction of sp³-hybridized carbons (Fsp3) is 0.0556. The zero-order chi connectivity index (χ0) is 17.6. The second-order valence-corrected chi connectivity index (χ2v) is 5.49. The number of hydrogen-bond acceptors (Lipinski definition) is 6. The number of nitrogen functional groups attached to an aromatic ring is 1. The molecular formula is C18H14N4O3. The number of nitrogens with two attached hydrogens (primary N) is 1. The predicted molar refractivity (Wildman–Crippen MR) is 93.8 cm³/mol. The Hall–Kier alpha value is -3.61. The van der Waals surface area contributed by atoms with Gasteiger partial charge in [-0.05, 0) is 24.3 Å². The number of phenols is 1. The number of carbonyl (C=O) groups excluding carboxylic acids is 1. The van der Waals surface area contributed by atoms with Crippen molar-refractivity contribution in [2.75, 3.05) is 12.8 Å². The molecule has 7 nitrogen and oxygen atoms in total. The number of anilines is 1. The average Bonchev–Trinajstić information content (AvgIpc) is 2.90. The van der Waals surface area contributed by atoms with Gasteiger partial charge in [0.2, 0.25) is 0 Å². The van der Waals surface area contributed by atoms with Crippen molar-refractivity contribution in [2.45, 2.75) is 0 Å². The molecule has 124 valence electrons. The standard InChI is InChI=1S/C18H14N4O3/c1-25-18(24)14-15-17(21-13-8-3-2-7-12(13)20-15)22(16(14)19)10-5-4-6-11(23)9-10/h2-9,23H,19H2,1H3. The molecule has 0 radical (unpaired) electrons. The number of para-hydroxylation sites is 2. The van der Waals surface area contributed by atoms with Gasteiger partial charge in [0, 0.05) is 6.07 Å². The van der Waals surface area contributed by atoms with Crippen LogP contribution >= 0.6 is 0 Å². The summed E-state index contributed by atoms with van der Waals surface area (Å²) in [6, 6.07) is 13.9. The minimum atomic E-state index is -0.592. The molecule has 0 saturated heterocycles. The molecule has 0 atom stereocenters. The van der Waals surface area contributed by atoms with E-state index in [0.717, 1.165) is 0 Å². The van der Waals surface area contributed by atoms with Gasteiger partial charge in [0.25, 0.3) is 0 Å². The minimum Gasteiger partial charge on any atom is -0.508 e. The van der Waals surface area contributed by atoms with Crippen molar-refractivity contribution in [3.05, 3.63) is 54.1 Å². The number of aromatic hydroxyl groups is 1.